The molecule has 1 aromatic carbocycles. The van der Waals surface area contributed by atoms with E-state index < -0.39 is 0 Å². The number of amides is 2. The highest BCUT2D eigenvalue weighted by Crippen LogP contribution is 2.32. The zero-order valence-corrected chi connectivity index (χ0v) is 14.6. The molecule has 7 heteroatoms. The number of nitrogens with one attached hydrogen (secondary N) is 1. The Kier molecular flexibility index (Phi) is 4.88. The fourth-order valence-corrected chi connectivity index (χ4v) is 3.19. The molecule has 0 atom stereocenters. The lowest BCUT2D eigenvalue weighted by Gasteiger charge is -2.34. The summed E-state index contributed by atoms with van der Waals surface area (Å²) >= 11 is 0. The van der Waals surface area contributed by atoms with Crippen molar-refractivity contribution >= 4 is 6.03 Å². The van der Waals surface area contributed by atoms with Crippen LogP contribution in [0.15, 0.2) is 42.6 Å². The van der Waals surface area contributed by atoms with E-state index in [0.717, 1.165) is 49.9 Å². The van der Waals surface area contributed by atoms with Crippen molar-refractivity contribution in [3.63, 3.8) is 0 Å². The second-order valence-corrected chi connectivity index (χ2v) is 6.43. The molecular weight excluding hydrogens is 332 g/mol. The van der Waals surface area contributed by atoms with Crippen molar-refractivity contribution in [3.05, 3.63) is 53.9 Å². The molecule has 0 saturated carbocycles. The third-order valence-electron chi connectivity index (χ3n) is 4.65. The van der Waals surface area contributed by atoms with E-state index >= 15 is 0 Å². The summed E-state index contributed by atoms with van der Waals surface area (Å²) in [4.78, 5) is 20.7. The van der Waals surface area contributed by atoms with E-state index in [4.69, 9.17) is 9.47 Å². The summed E-state index contributed by atoms with van der Waals surface area (Å²) in [5.41, 5.74) is 2.06. The smallest absolute Gasteiger partial charge is 0.317 e. The van der Waals surface area contributed by atoms with E-state index in [1.54, 1.807) is 6.20 Å². The number of urea groups is 1. The van der Waals surface area contributed by atoms with Crippen molar-refractivity contribution in [2.45, 2.75) is 13.1 Å². The summed E-state index contributed by atoms with van der Waals surface area (Å²) in [7, 11) is 0. The van der Waals surface area contributed by atoms with E-state index in [1.807, 2.05) is 35.2 Å². The fraction of sp³-hybridized carbons (Fsp3) is 0.368. The highest BCUT2D eigenvalue weighted by molar-refractivity contribution is 5.74. The number of piperazine rings is 1. The average molecular weight is 354 g/mol. The highest BCUT2D eigenvalue weighted by atomic mass is 16.7. The van der Waals surface area contributed by atoms with Crippen LogP contribution in [0.25, 0.3) is 0 Å². The molecular formula is C19H22N4O3. The fourth-order valence-electron chi connectivity index (χ4n) is 3.19. The van der Waals surface area contributed by atoms with Crippen molar-refractivity contribution in [2.24, 2.45) is 0 Å². The third kappa shape index (κ3) is 3.88. The van der Waals surface area contributed by atoms with Crippen LogP contribution in [0.4, 0.5) is 4.79 Å². The number of benzene rings is 1. The van der Waals surface area contributed by atoms with Gasteiger partial charge in [-0.25, -0.2) is 4.79 Å². The molecule has 7 nitrogen and oxygen atoms in total. The normalized spacial score (nSPS) is 16.5. The van der Waals surface area contributed by atoms with Crippen LogP contribution in [0.3, 0.4) is 0 Å². The van der Waals surface area contributed by atoms with Gasteiger partial charge < -0.3 is 19.7 Å². The zero-order chi connectivity index (χ0) is 17.8. The van der Waals surface area contributed by atoms with Crippen LogP contribution in [-0.4, -0.2) is 53.8 Å². The van der Waals surface area contributed by atoms with Crippen LogP contribution in [0, 0.1) is 0 Å². The minimum atomic E-state index is -0.0293. The largest absolute Gasteiger partial charge is 0.454 e. The minimum Gasteiger partial charge on any atom is -0.454 e. The van der Waals surface area contributed by atoms with E-state index in [9.17, 15) is 4.79 Å². The van der Waals surface area contributed by atoms with Gasteiger partial charge in [-0.05, 0) is 29.8 Å². The molecule has 0 bridgehead atoms. The summed E-state index contributed by atoms with van der Waals surface area (Å²) in [5.74, 6) is 1.62. The minimum absolute atomic E-state index is 0.0293. The SMILES string of the molecule is O=C(NCc1ccccn1)N1CCN(Cc2ccc3c(c2)OCO3)CC1. The number of fused-ring (bicyclic) bond motifs is 1. The second kappa shape index (κ2) is 7.61. The number of nitrogens with zero attached hydrogens (tertiary/aromatic N) is 3. The molecule has 0 unspecified atom stereocenters. The number of ether oxygens (including phenoxy) is 2. The molecule has 2 aliphatic rings. The van der Waals surface area contributed by atoms with Gasteiger partial charge in [0.2, 0.25) is 6.79 Å². The quantitative estimate of drug-likeness (QED) is 0.907. The van der Waals surface area contributed by atoms with E-state index in [0.29, 0.717) is 13.3 Å². The summed E-state index contributed by atoms with van der Waals surface area (Å²) < 4.78 is 10.8. The maximum Gasteiger partial charge on any atom is 0.317 e. The van der Waals surface area contributed by atoms with Crippen LogP contribution in [0.2, 0.25) is 0 Å². The summed E-state index contributed by atoms with van der Waals surface area (Å²) in [6, 6.07) is 11.7. The third-order valence-corrected chi connectivity index (χ3v) is 4.65. The monoisotopic (exact) mass is 354 g/mol. The first-order chi connectivity index (χ1) is 12.8. The predicted octanol–water partition coefficient (Wildman–Crippen LogP) is 1.84. The van der Waals surface area contributed by atoms with E-state index in [-0.39, 0.29) is 6.03 Å². The molecule has 2 amide bonds. The number of carbonyl (C=O) groups excluding carboxylic acids is 1. The highest BCUT2D eigenvalue weighted by Gasteiger charge is 2.21. The molecule has 0 spiro atoms. The van der Waals surface area contributed by atoms with Gasteiger partial charge in [0.05, 0.1) is 12.2 Å². The van der Waals surface area contributed by atoms with Crippen LogP contribution in [0.5, 0.6) is 11.5 Å². The lowest BCUT2D eigenvalue weighted by Crippen LogP contribution is -2.51. The summed E-state index contributed by atoms with van der Waals surface area (Å²) in [5, 5.41) is 2.94. The zero-order valence-electron chi connectivity index (χ0n) is 14.6. The standard InChI is InChI=1S/C19H22N4O3/c24-19(21-12-16-3-1-2-6-20-16)23-9-7-22(8-10-23)13-15-4-5-17-18(11-15)26-14-25-17/h1-6,11H,7-10,12-14H2,(H,21,24). The molecule has 4 rings (SSSR count). The number of pyridine rings is 1. The van der Waals surface area contributed by atoms with Crippen molar-refractivity contribution < 1.29 is 14.3 Å². The Labute approximate surface area is 152 Å². The molecule has 26 heavy (non-hydrogen) atoms. The Bertz CT molecular complexity index is 761. The number of carbonyl (C=O) groups is 1. The lowest BCUT2D eigenvalue weighted by atomic mass is 10.1. The second-order valence-electron chi connectivity index (χ2n) is 6.43. The van der Waals surface area contributed by atoms with Gasteiger partial charge in [0.1, 0.15) is 0 Å². The first kappa shape index (κ1) is 16.7. The molecule has 1 fully saturated rings. The molecule has 1 saturated heterocycles. The molecule has 0 radical (unpaired) electrons. The van der Waals surface area contributed by atoms with Gasteiger partial charge in [-0.15, -0.1) is 0 Å². The molecule has 1 aromatic heterocycles. The molecule has 2 aromatic rings. The van der Waals surface area contributed by atoms with Crippen molar-refractivity contribution in [1.29, 1.82) is 0 Å². The van der Waals surface area contributed by atoms with Crippen molar-refractivity contribution in [3.8, 4) is 11.5 Å². The van der Waals surface area contributed by atoms with Crippen LogP contribution in [0.1, 0.15) is 11.3 Å². The Morgan fingerprint density at radius 1 is 1.08 bits per heavy atom. The van der Waals surface area contributed by atoms with Crippen LogP contribution in [-0.2, 0) is 13.1 Å². The van der Waals surface area contributed by atoms with Gasteiger partial charge in [0.15, 0.2) is 11.5 Å². The summed E-state index contributed by atoms with van der Waals surface area (Å²) in [6.07, 6.45) is 1.73. The Balaban J connectivity index is 1.24. The molecule has 3 heterocycles. The number of hydrogen-bond donors (Lipinski definition) is 1. The molecule has 2 aliphatic heterocycles. The molecule has 0 aliphatic carbocycles. The molecule has 1 N–H and O–H groups in total. The summed E-state index contributed by atoms with van der Waals surface area (Å²) in [6.45, 7) is 4.75. The predicted molar refractivity (Wildman–Crippen MR) is 95.9 cm³/mol. The van der Waals surface area contributed by atoms with E-state index in [1.165, 1.54) is 5.56 Å². The maximum atomic E-state index is 12.3. The van der Waals surface area contributed by atoms with Crippen molar-refractivity contribution in [1.82, 2.24) is 20.1 Å². The van der Waals surface area contributed by atoms with Gasteiger partial charge >= 0.3 is 6.03 Å². The topological polar surface area (TPSA) is 66.9 Å². The van der Waals surface area contributed by atoms with Gasteiger partial charge in [0, 0.05) is 38.9 Å². The number of aromatic nitrogens is 1. The number of rotatable bonds is 4. The van der Waals surface area contributed by atoms with Gasteiger partial charge in [-0.3, -0.25) is 9.88 Å². The van der Waals surface area contributed by atoms with Crippen molar-refractivity contribution in [2.75, 3.05) is 33.0 Å². The van der Waals surface area contributed by atoms with E-state index in [2.05, 4.69) is 21.3 Å². The van der Waals surface area contributed by atoms with Gasteiger partial charge in [0.25, 0.3) is 0 Å². The Morgan fingerprint density at radius 2 is 1.92 bits per heavy atom. The average Bonchev–Trinajstić information content (AvgIpc) is 3.15. The first-order valence-electron chi connectivity index (χ1n) is 8.81. The van der Waals surface area contributed by atoms with Gasteiger partial charge in [-0.2, -0.15) is 0 Å². The first-order valence-corrected chi connectivity index (χ1v) is 8.81. The molecule has 136 valence electrons. The number of hydrogen-bond acceptors (Lipinski definition) is 5. The van der Waals surface area contributed by atoms with Crippen LogP contribution < -0.4 is 14.8 Å². The lowest BCUT2D eigenvalue weighted by molar-refractivity contribution is 0.135. The maximum absolute atomic E-state index is 12.3. The Hall–Kier alpha value is -2.80. The van der Waals surface area contributed by atoms with Gasteiger partial charge in [-0.1, -0.05) is 12.1 Å². The van der Waals surface area contributed by atoms with Crippen LogP contribution >= 0.6 is 0 Å². The Morgan fingerprint density at radius 3 is 2.73 bits per heavy atom.